The van der Waals surface area contributed by atoms with Crippen LogP contribution in [0.3, 0.4) is 0 Å². The summed E-state index contributed by atoms with van der Waals surface area (Å²) in [6.07, 6.45) is 0. The largest absolute Gasteiger partial charge is 0.480 e. The van der Waals surface area contributed by atoms with Crippen LogP contribution in [-0.4, -0.2) is 27.9 Å². The first kappa shape index (κ1) is 16.5. The molecular formula is C13H15FN2O5. The molecule has 0 aromatic heterocycles. The van der Waals surface area contributed by atoms with Gasteiger partial charge in [-0.05, 0) is 11.5 Å². The molecule has 1 rings (SSSR count). The van der Waals surface area contributed by atoms with Crippen molar-refractivity contribution in [3.05, 3.63) is 39.7 Å². The topological polar surface area (TPSA) is 110 Å². The number of nitrogens with one attached hydrogen (secondary N) is 1. The van der Waals surface area contributed by atoms with E-state index in [-0.39, 0.29) is 5.56 Å². The van der Waals surface area contributed by atoms with Crippen molar-refractivity contribution in [2.24, 2.45) is 5.41 Å². The van der Waals surface area contributed by atoms with Crippen LogP contribution in [0.2, 0.25) is 0 Å². The van der Waals surface area contributed by atoms with Crippen LogP contribution in [-0.2, 0) is 4.79 Å². The first-order chi connectivity index (χ1) is 9.52. The fraction of sp³-hybridized carbons (Fsp3) is 0.385. The Bertz CT molecular complexity index is 595. The van der Waals surface area contributed by atoms with Gasteiger partial charge in [0.25, 0.3) is 11.6 Å². The van der Waals surface area contributed by atoms with Crippen LogP contribution in [0.25, 0.3) is 0 Å². The lowest BCUT2D eigenvalue weighted by Crippen LogP contribution is -2.49. The highest BCUT2D eigenvalue weighted by atomic mass is 19.1. The molecule has 0 radical (unpaired) electrons. The summed E-state index contributed by atoms with van der Waals surface area (Å²) in [6.45, 7) is 4.83. The van der Waals surface area contributed by atoms with E-state index in [1.54, 1.807) is 20.8 Å². The highest BCUT2D eigenvalue weighted by molar-refractivity contribution is 5.97. The number of nitro benzene ring substituents is 1. The molecule has 0 saturated heterocycles. The molecule has 8 heteroatoms. The number of carbonyl (C=O) groups is 2. The molecule has 1 amide bonds. The lowest BCUT2D eigenvalue weighted by molar-refractivity contribution is -0.385. The van der Waals surface area contributed by atoms with E-state index in [0.717, 1.165) is 12.1 Å². The predicted molar refractivity (Wildman–Crippen MR) is 71.4 cm³/mol. The molecule has 0 saturated carbocycles. The molecule has 1 atom stereocenters. The predicted octanol–water partition coefficient (Wildman–Crippen LogP) is 1.96. The smallest absolute Gasteiger partial charge is 0.326 e. The number of rotatable bonds is 4. The summed E-state index contributed by atoms with van der Waals surface area (Å²) in [6, 6.07) is 1.16. The molecule has 2 N–H and O–H groups in total. The molecule has 0 spiro atoms. The molecular weight excluding hydrogens is 283 g/mol. The lowest BCUT2D eigenvalue weighted by Gasteiger charge is -2.27. The van der Waals surface area contributed by atoms with E-state index in [1.807, 2.05) is 0 Å². The first-order valence-electron chi connectivity index (χ1n) is 6.01. The average Bonchev–Trinajstić information content (AvgIpc) is 2.32. The summed E-state index contributed by atoms with van der Waals surface area (Å²) in [5.74, 6) is -3.08. The van der Waals surface area contributed by atoms with Crippen molar-refractivity contribution in [3.63, 3.8) is 0 Å². The number of nitrogens with zero attached hydrogens (tertiary/aromatic N) is 1. The van der Waals surface area contributed by atoms with E-state index in [1.165, 1.54) is 0 Å². The SMILES string of the molecule is CC(C)(C)C(NC(=O)c1cc(F)cc([N+](=O)[O-])c1)C(=O)O. The molecule has 21 heavy (non-hydrogen) atoms. The van der Waals surface area contributed by atoms with Crippen molar-refractivity contribution in [1.29, 1.82) is 0 Å². The van der Waals surface area contributed by atoms with Gasteiger partial charge in [-0.3, -0.25) is 14.9 Å². The Morgan fingerprint density at radius 2 is 1.90 bits per heavy atom. The van der Waals surface area contributed by atoms with E-state index in [2.05, 4.69) is 5.32 Å². The Labute approximate surface area is 119 Å². The normalized spacial score (nSPS) is 12.6. The van der Waals surface area contributed by atoms with Gasteiger partial charge >= 0.3 is 5.97 Å². The number of benzene rings is 1. The molecule has 1 unspecified atom stereocenters. The molecule has 0 aliphatic heterocycles. The van der Waals surface area contributed by atoms with Gasteiger partial charge in [0.1, 0.15) is 11.9 Å². The van der Waals surface area contributed by atoms with Gasteiger partial charge in [0.15, 0.2) is 0 Å². The van der Waals surface area contributed by atoms with Crippen molar-refractivity contribution in [2.45, 2.75) is 26.8 Å². The Morgan fingerprint density at radius 3 is 2.33 bits per heavy atom. The summed E-state index contributed by atoms with van der Waals surface area (Å²) >= 11 is 0. The lowest BCUT2D eigenvalue weighted by atomic mass is 9.86. The minimum absolute atomic E-state index is 0.308. The number of nitro groups is 1. The van der Waals surface area contributed by atoms with Gasteiger partial charge in [0, 0.05) is 11.6 Å². The number of aliphatic carboxylic acids is 1. The minimum atomic E-state index is -1.25. The minimum Gasteiger partial charge on any atom is -0.480 e. The van der Waals surface area contributed by atoms with Crippen LogP contribution in [0.15, 0.2) is 18.2 Å². The summed E-state index contributed by atoms with van der Waals surface area (Å²) in [5, 5.41) is 22.0. The fourth-order valence-electron chi connectivity index (χ4n) is 1.67. The van der Waals surface area contributed by atoms with Crippen LogP contribution in [0.5, 0.6) is 0 Å². The third-order valence-corrected chi connectivity index (χ3v) is 2.74. The maximum Gasteiger partial charge on any atom is 0.326 e. The first-order valence-corrected chi connectivity index (χ1v) is 6.01. The molecule has 1 aromatic carbocycles. The van der Waals surface area contributed by atoms with Crippen molar-refractivity contribution in [3.8, 4) is 0 Å². The Hall–Kier alpha value is -2.51. The van der Waals surface area contributed by atoms with Gasteiger partial charge in [-0.15, -0.1) is 0 Å². The van der Waals surface area contributed by atoms with E-state index >= 15 is 0 Å². The van der Waals surface area contributed by atoms with Gasteiger partial charge in [0.2, 0.25) is 0 Å². The van der Waals surface area contributed by atoms with Gasteiger partial charge < -0.3 is 10.4 Å². The molecule has 0 aliphatic carbocycles. The van der Waals surface area contributed by atoms with E-state index < -0.39 is 39.8 Å². The number of hydrogen-bond acceptors (Lipinski definition) is 4. The van der Waals surface area contributed by atoms with Crippen molar-refractivity contribution in [2.75, 3.05) is 0 Å². The molecule has 114 valence electrons. The number of amides is 1. The summed E-state index contributed by atoms with van der Waals surface area (Å²) in [4.78, 5) is 32.9. The van der Waals surface area contributed by atoms with E-state index in [0.29, 0.717) is 6.07 Å². The number of non-ortho nitro benzene ring substituents is 1. The number of halogens is 1. The third-order valence-electron chi connectivity index (χ3n) is 2.74. The zero-order chi connectivity index (χ0) is 16.4. The summed E-state index contributed by atoms with van der Waals surface area (Å²) in [7, 11) is 0. The van der Waals surface area contributed by atoms with Crippen LogP contribution in [0, 0.1) is 21.3 Å². The Morgan fingerprint density at radius 1 is 1.33 bits per heavy atom. The molecule has 7 nitrogen and oxygen atoms in total. The number of carboxylic acid groups (broad SMARTS) is 1. The van der Waals surface area contributed by atoms with E-state index in [4.69, 9.17) is 5.11 Å². The summed E-state index contributed by atoms with van der Waals surface area (Å²) < 4.78 is 13.3. The zero-order valence-corrected chi connectivity index (χ0v) is 11.7. The van der Waals surface area contributed by atoms with Crippen molar-refractivity contribution in [1.82, 2.24) is 5.32 Å². The Balaban J connectivity index is 3.09. The van der Waals surface area contributed by atoms with Crippen LogP contribution >= 0.6 is 0 Å². The second kappa shape index (κ2) is 5.86. The van der Waals surface area contributed by atoms with Crippen LogP contribution in [0.4, 0.5) is 10.1 Å². The van der Waals surface area contributed by atoms with Crippen LogP contribution in [0.1, 0.15) is 31.1 Å². The monoisotopic (exact) mass is 298 g/mol. The van der Waals surface area contributed by atoms with Crippen molar-refractivity contribution >= 4 is 17.6 Å². The van der Waals surface area contributed by atoms with Gasteiger partial charge in [0.05, 0.1) is 11.0 Å². The molecule has 0 aliphatic rings. The highest BCUT2D eigenvalue weighted by Crippen LogP contribution is 2.21. The van der Waals surface area contributed by atoms with E-state index in [9.17, 15) is 24.1 Å². The quantitative estimate of drug-likeness (QED) is 0.652. The number of hydrogen-bond donors (Lipinski definition) is 2. The van der Waals surface area contributed by atoms with Crippen LogP contribution < -0.4 is 5.32 Å². The molecule has 0 heterocycles. The summed E-state index contributed by atoms with van der Waals surface area (Å²) in [5.41, 5.74) is -1.67. The number of carboxylic acids is 1. The Kier molecular flexibility index (Phi) is 4.62. The zero-order valence-electron chi connectivity index (χ0n) is 11.7. The van der Waals surface area contributed by atoms with Gasteiger partial charge in [-0.25, -0.2) is 9.18 Å². The molecule has 0 bridgehead atoms. The average molecular weight is 298 g/mol. The highest BCUT2D eigenvalue weighted by Gasteiger charge is 2.33. The third kappa shape index (κ3) is 4.23. The second-order valence-corrected chi connectivity index (χ2v) is 5.57. The maximum absolute atomic E-state index is 13.3. The second-order valence-electron chi connectivity index (χ2n) is 5.57. The standard InChI is InChI=1S/C13H15FN2O5/c1-13(2,3)10(12(18)19)15-11(17)7-4-8(14)6-9(5-7)16(20)21/h4-6,10H,1-3H3,(H,15,17)(H,18,19). The molecule has 1 aromatic rings. The number of carbonyl (C=O) groups excluding carboxylic acids is 1. The van der Waals surface area contributed by atoms with Crippen molar-refractivity contribution < 1.29 is 24.0 Å². The maximum atomic E-state index is 13.3. The van der Waals surface area contributed by atoms with Gasteiger partial charge in [-0.2, -0.15) is 0 Å². The molecule has 0 fully saturated rings. The fourth-order valence-corrected chi connectivity index (χ4v) is 1.67. The van der Waals surface area contributed by atoms with Gasteiger partial charge in [-0.1, -0.05) is 20.8 Å².